The molecule has 0 aromatic rings. The third-order valence-corrected chi connectivity index (χ3v) is 4.42. The molecule has 0 atom stereocenters. The maximum Gasteiger partial charge on any atom is 0.0964 e. The van der Waals surface area contributed by atoms with Crippen molar-refractivity contribution in [1.29, 1.82) is 0 Å². The quantitative estimate of drug-likeness (QED) is 0.290. The molecule has 0 aromatic carbocycles. The van der Waals surface area contributed by atoms with Gasteiger partial charge in [-0.05, 0) is 32.1 Å². The van der Waals surface area contributed by atoms with Crippen LogP contribution in [0.25, 0.3) is 0 Å². The summed E-state index contributed by atoms with van der Waals surface area (Å²) in [4.78, 5) is 4.44. The van der Waals surface area contributed by atoms with Gasteiger partial charge in [0, 0.05) is 13.0 Å². The predicted octanol–water partition coefficient (Wildman–Crippen LogP) is 6.03. The molecule has 22 heavy (non-hydrogen) atoms. The largest absolute Gasteiger partial charge is 0.372 e. The summed E-state index contributed by atoms with van der Waals surface area (Å²) in [6.07, 6.45) is 23.8. The number of hydrogen-bond acceptors (Lipinski definition) is 2. The molecule has 0 fully saturated rings. The predicted molar refractivity (Wildman–Crippen MR) is 99.8 cm³/mol. The van der Waals surface area contributed by atoms with Gasteiger partial charge >= 0.3 is 0 Å². The van der Waals surface area contributed by atoms with Crippen LogP contribution in [0.4, 0.5) is 0 Å². The Bertz CT molecular complexity index is 294. The highest BCUT2D eigenvalue weighted by atomic mass is 15.1. The lowest BCUT2D eigenvalue weighted by atomic mass is 10.1. The molecule has 1 aliphatic rings. The fourth-order valence-electron chi connectivity index (χ4n) is 2.98. The average molecular weight is 307 g/mol. The highest BCUT2D eigenvalue weighted by Gasteiger charge is 2.03. The van der Waals surface area contributed by atoms with E-state index in [1.54, 1.807) is 0 Å². The molecule has 0 unspecified atom stereocenters. The molecule has 0 amide bonds. The normalized spacial score (nSPS) is 14.5. The maximum atomic E-state index is 4.44. The lowest BCUT2D eigenvalue weighted by Crippen LogP contribution is -2.17. The van der Waals surface area contributed by atoms with Crippen LogP contribution in [-0.4, -0.2) is 18.9 Å². The second kappa shape index (κ2) is 15.1. The number of allylic oxidation sites excluding steroid dienone is 2. The molecular formula is C20H38N2. The molecule has 0 saturated heterocycles. The zero-order valence-electron chi connectivity index (χ0n) is 14.9. The lowest BCUT2D eigenvalue weighted by molar-refractivity contribution is 0.609. The highest BCUT2D eigenvalue weighted by Crippen LogP contribution is 2.10. The van der Waals surface area contributed by atoms with Crippen molar-refractivity contribution in [3.63, 3.8) is 0 Å². The summed E-state index contributed by atoms with van der Waals surface area (Å²) in [5.41, 5.74) is 0. The summed E-state index contributed by atoms with van der Waals surface area (Å²) in [5, 5.41) is 3.35. The van der Waals surface area contributed by atoms with E-state index in [9.17, 15) is 0 Å². The third kappa shape index (κ3) is 11.8. The van der Waals surface area contributed by atoms with Crippen LogP contribution in [0.1, 0.15) is 96.8 Å². The van der Waals surface area contributed by atoms with E-state index in [4.69, 9.17) is 0 Å². The number of unbranched alkanes of at least 4 members (excludes halogenated alkanes) is 11. The van der Waals surface area contributed by atoms with Crippen molar-refractivity contribution in [2.45, 2.75) is 96.8 Å². The molecule has 0 spiro atoms. The van der Waals surface area contributed by atoms with Gasteiger partial charge < -0.3 is 5.32 Å². The van der Waals surface area contributed by atoms with Gasteiger partial charge in [0.2, 0.25) is 0 Å². The van der Waals surface area contributed by atoms with Gasteiger partial charge in [-0.1, -0.05) is 70.4 Å². The molecule has 1 heterocycles. The molecule has 2 nitrogen and oxygen atoms in total. The first-order chi connectivity index (χ1) is 10.9. The molecular weight excluding hydrogens is 268 g/mol. The maximum absolute atomic E-state index is 4.44. The highest BCUT2D eigenvalue weighted by molar-refractivity contribution is 5.83. The van der Waals surface area contributed by atoms with Gasteiger partial charge in [-0.25, -0.2) is 0 Å². The van der Waals surface area contributed by atoms with Crippen molar-refractivity contribution in [2.75, 3.05) is 13.1 Å². The minimum absolute atomic E-state index is 0.987. The van der Waals surface area contributed by atoms with E-state index in [2.05, 4.69) is 29.4 Å². The zero-order chi connectivity index (χ0) is 15.7. The summed E-state index contributed by atoms with van der Waals surface area (Å²) < 4.78 is 0. The monoisotopic (exact) mass is 306 g/mol. The van der Waals surface area contributed by atoms with Gasteiger partial charge in [0.25, 0.3) is 0 Å². The van der Waals surface area contributed by atoms with Crippen LogP contribution in [0.15, 0.2) is 17.1 Å². The average Bonchev–Trinajstić information content (AvgIpc) is 3.04. The third-order valence-electron chi connectivity index (χ3n) is 4.42. The van der Waals surface area contributed by atoms with Crippen LogP contribution in [0, 0.1) is 0 Å². The van der Waals surface area contributed by atoms with Crippen LogP contribution in [0.5, 0.6) is 0 Å². The molecule has 0 saturated carbocycles. The van der Waals surface area contributed by atoms with Gasteiger partial charge in [0.05, 0.1) is 12.4 Å². The summed E-state index contributed by atoms with van der Waals surface area (Å²) in [5.74, 6) is 1.25. The Hall–Kier alpha value is -0.790. The van der Waals surface area contributed by atoms with Crippen LogP contribution in [0.3, 0.4) is 0 Å². The number of nitrogens with zero attached hydrogens (tertiary/aromatic N) is 1. The van der Waals surface area contributed by atoms with Gasteiger partial charge in [0.15, 0.2) is 0 Å². The van der Waals surface area contributed by atoms with Gasteiger partial charge in [-0.2, -0.15) is 0 Å². The Morgan fingerprint density at radius 1 is 0.818 bits per heavy atom. The molecule has 0 aromatic heterocycles. The van der Waals surface area contributed by atoms with Crippen molar-refractivity contribution < 1.29 is 0 Å². The van der Waals surface area contributed by atoms with E-state index in [0.29, 0.717) is 0 Å². The number of amidine groups is 1. The fraction of sp³-hybridized carbons (Fsp3) is 0.850. The van der Waals surface area contributed by atoms with Gasteiger partial charge in [-0.15, -0.1) is 0 Å². The zero-order valence-corrected chi connectivity index (χ0v) is 14.9. The first kappa shape index (κ1) is 19.3. The molecule has 1 rings (SSSR count). The first-order valence-corrected chi connectivity index (χ1v) is 9.85. The number of hydrogen-bond donors (Lipinski definition) is 1. The molecule has 1 aliphatic heterocycles. The van der Waals surface area contributed by atoms with E-state index < -0.39 is 0 Å². The van der Waals surface area contributed by atoms with E-state index in [0.717, 1.165) is 19.5 Å². The van der Waals surface area contributed by atoms with Crippen LogP contribution >= 0.6 is 0 Å². The first-order valence-electron chi connectivity index (χ1n) is 9.85. The Balaban J connectivity index is 1.72. The number of rotatable bonds is 15. The van der Waals surface area contributed by atoms with Crippen molar-refractivity contribution in [3.05, 3.63) is 12.2 Å². The number of nitrogens with one attached hydrogen (secondary N) is 1. The summed E-state index contributed by atoms with van der Waals surface area (Å²) in [7, 11) is 0. The Labute approximate surface area is 138 Å². The van der Waals surface area contributed by atoms with Gasteiger partial charge in [0.1, 0.15) is 0 Å². The van der Waals surface area contributed by atoms with Crippen LogP contribution in [0.2, 0.25) is 0 Å². The van der Waals surface area contributed by atoms with Crippen molar-refractivity contribution in [1.82, 2.24) is 5.32 Å². The SMILES string of the molecule is CCCCCCCCC=CCCCCCCCC1=NCCN1. The molecule has 128 valence electrons. The van der Waals surface area contributed by atoms with E-state index >= 15 is 0 Å². The van der Waals surface area contributed by atoms with Crippen molar-refractivity contribution in [3.8, 4) is 0 Å². The van der Waals surface area contributed by atoms with E-state index in [-0.39, 0.29) is 0 Å². The topological polar surface area (TPSA) is 24.4 Å². The molecule has 0 radical (unpaired) electrons. The van der Waals surface area contributed by atoms with E-state index in [1.807, 2.05) is 0 Å². The Morgan fingerprint density at radius 3 is 2.00 bits per heavy atom. The Morgan fingerprint density at radius 2 is 1.41 bits per heavy atom. The fourth-order valence-corrected chi connectivity index (χ4v) is 2.98. The van der Waals surface area contributed by atoms with Crippen molar-refractivity contribution in [2.24, 2.45) is 4.99 Å². The standard InChI is InChI=1S/C20H38N2/c1-2-3-4-5-6-7-8-9-10-11-12-13-14-15-16-17-20-21-18-19-22-20/h9-10H,2-8,11-19H2,1H3,(H,21,22). The minimum atomic E-state index is 0.987. The smallest absolute Gasteiger partial charge is 0.0964 e. The molecule has 0 bridgehead atoms. The second-order valence-corrected chi connectivity index (χ2v) is 6.59. The Kier molecular flexibility index (Phi) is 13.2. The summed E-state index contributed by atoms with van der Waals surface area (Å²) in [6.45, 7) is 4.32. The summed E-state index contributed by atoms with van der Waals surface area (Å²) in [6, 6.07) is 0. The minimum Gasteiger partial charge on any atom is -0.372 e. The van der Waals surface area contributed by atoms with Crippen LogP contribution in [-0.2, 0) is 0 Å². The summed E-state index contributed by atoms with van der Waals surface area (Å²) >= 11 is 0. The molecule has 0 aliphatic carbocycles. The molecule has 1 N–H and O–H groups in total. The van der Waals surface area contributed by atoms with Crippen molar-refractivity contribution >= 4 is 5.84 Å². The van der Waals surface area contributed by atoms with Gasteiger partial charge in [-0.3, -0.25) is 4.99 Å². The number of aliphatic imine (C=N–C) groups is 1. The molecule has 2 heteroatoms. The second-order valence-electron chi connectivity index (χ2n) is 6.59. The van der Waals surface area contributed by atoms with Crippen LogP contribution < -0.4 is 5.32 Å². The van der Waals surface area contributed by atoms with E-state index in [1.165, 1.54) is 89.3 Å². The lowest BCUT2D eigenvalue weighted by Gasteiger charge is -2.02.